The number of fused-ring (bicyclic) bond motifs is 4. The summed E-state index contributed by atoms with van der Waals surface area (Å²) in [6, 6.07) is 49.0. The lowest BCUT2D eigenvalue weighted by molar-refractivity contribution is -0.117. The topological polar surface area (TPSA) is 156 Å². The van der Waals surface area contributed by atoms with Gasteiger partial charge < -0.3 is 34.7 Å². The lowest BCUT2D eigenvalue weighted by atomic mass is 9.88. The van der Waals surface area contributed by atoms with Gasteiger partial charge in [0.05, 0.1) is 40.5 Å². The maximum Gasteiger partial charge on any atom is 0.414 e. The number of hydrogen-bond acceptors (Lipinski definition) is 10. The number of rotatable bonds is 13. The fourth-order valence-electron chi connectivity index (χ4n) is 11.6. The van der Waals surface area contributed by atoms with E-state index in [2.05, 4.69) is 56.0 Å². The first-order chi connectivity index (χ1) is 36.6. The Morgan fingerprint density at radius 3 is 1.88 bits per heavy atom. The second kappa shape index (κ2) is 20.3. The number of aliphatic imine (C=N–C) groups is 2. The molecule has 5 saturated heterocycles. The molecule has 5 aliphatic rings. The standard InChI is InChI=1S/C61H61N9O5/c1-66-48-31-49(66)37-69(36-48)45-23-21-44(22-24-45)63-57(41-12-5-3-6-13-41)55-50-32-46(25-27-52(50)64-59(55)72)67(2)61(74)75-38-40-11-9-29-68(35-40)34-39-17-19-43(20-18-39)62-58(42-14-7-4-8-15-42)56-51-33-47(70-30-10-16-54(70)71)26-28-53(51)65-60(56)73/h3-8,12-15,17-28,32-33,40,48-49,64-65,72-73H,9-11,16,29-31,34-38H2,1-2H3. The van der Waals surface area contributed by atoms with Gasteiger partial charge in [-0.3, -0.25) is 19.5 Å². The predicted octanol–water partition coefficient (Wildman–Crippen LogP) is 10.9. The van der Waals surface area contributed by atoms with E-state index in [0.717, 1.165) is 108 Å². The number of aromatic hydroxyl groups is 2. The van der Waals surface area contributed by atoms with Crippen molar-refractivity contribution in [2.24, 2.45) is 15.9 Å². The summed E-state index contributed by atoms with van der Waals surface area (Å²) in [6.07, 6.45) is 4.14. The molecule has 3 atom stereocenters. The Kier molecular flexibility index (Phi) is 12.9. The van der Waals surface area contributed by atoms with Gasteiger partial charge in [-0.15, -0.1) is 0 Å². The van der Waals surface area contributed by atoms with Crippen molar-refractivity contribution in [2.75, 3.05) is 68.1 Å². The molecule has 2 bridgehead atoms. The second-order valence-corrected chi connectivity index (χ2v) is 20.6. The molecule has 2 amide bonds. The van der Waals surface area contributed by atoms with E-state index in [1.165, 1.54) is 17.0 Å². The fourth-order valence-corrected chi connectivity index (χ4v) is 11.6. The van der Waals surface area contributed by atoms with Crippen LogP contribution in [0.3, 0.4) is 0 Å². The highest BCUT2D eigenvalue weighted by Crippen LogP contribution is 2.38. The first-order valence-electron chi connectivity index (χ1n) is 26.2. The lowest BCUT2D eigenvalue weighted by Crippen LogP contribution is -2.67. The number of amides is 2. The summed E-state index contributed by atoms with van der Waals surface area (Å²) in [6.45, 7) is 5.50. The summed E-state index contributed by atoms with van der Waals surface area (Å²) in [5.74, 6) is 0.299. The number of ether oxygens (including phenoxy) is 1. The van der Waals surface area contributed by atoms with E-state index in [-0.39, 0.29) is 23.6 Å². The van der Waals surface area contributed by atoms with E-state index in [1.54, 1.807) is 7.05 Å². The number of anilines is 3. The van der Waals surface area contributed by atoms with Crippen LogP contribution in [-0.2, 0) is 16.1 Å². The molecule has 14 heteroatoms. The number of nitrogens with zero attached hydrogens (tertiary/aromatic N) is 7. The number of H-pyrrole nitrogens is 2. The third-order valence-electron chi connectivity index (χ3n) is 15.8. The van der Waals surface area contributed by atoms with Gasteiger partial charge in [0.15, 0.2) is 11.8 Å². The zero-order chi connectivity index (χ0) is 51.2. The zero-order valence-electron chi connectivity index (χ0n) is 42.3. The zero-order valence-corrected chi connectivity index (χ0v) is 42.3. The fraction of sp³-hybridized carbons (Fsp3) is 0.279. The van der Waals surface area contributed by atoms with E-state index in [9.17, 15) is 19.8 Å². The summed E-state index contributed by atoms with van der Waals surface area (Å²) < 4.78 is 6.02. The number of likely N-dealkylation sites (tertiary alicyclic amines) is 1. The smallest absolute Gasteiger partial charge is 0.414 e. The van der Waals surface area contributed by atoms with Crippen molar-refractivity contribution < 1.29 is 24.5 Å². The summed E-state index contributed by atoms with van der Waals surface area (Å²) in [4.78, 5) is 53.7. The van der Waals surface area contributed by atoms with Crippen LogP contribution in [0.4, 0.5) is 33.2 Å². The van der Waals surface area contributed by atoms with Crippen LogP contribution >= 0.6 is 0 Å². The molecule has 0 saturated carbocycles. The molecule has 13 rings (SSSR count). The van der Waals surface area contributed by atoms with Gasteiger partial charge in [0, 0.05) is 114 Å². The van der Waals surface area contributed by atoms with Crippen molar-refractivity contribution in [1.82, 2.24) is 19.8 Å². The average molecular weight is 1000 g/mol. The number of nitrogens with one attached hydrogen (secondary N) is 2. The Labute approximate surface area is 436 Å². The van der Waals surface area contributed by atoms with Crippen LogP contribution in [0, 0.1) is 5.92 Å². The van der Waals surface area contributed by atoms with Crippen molar-refractivity contribution >= 4 is 73.7 Å². The molecular formula is C61H61N9O5. The quantitative estimate of drug-likeness (QED) is 0.0832. The number of carbonyl (C=O) groups is 2. The minimum Gasteiger partial charge on any atom is -0.494 e. The summed E-state index contributed by atoms with van der Waals surface area (Å²) in [5.41, 5.74) is 10.9. The minimum absolute atomic E-state index is 0.00159. The third kappa shape index (κ3) is 9.63. The lowest BCUT2D eigenvalue weighted by Gasteiger charge is -2.55. The van der Waals surface area contributed by atoms with Crippen molar-refractivity contribution in [3.05, 3.63) is 173 Å². The van der Waals surface area contributed by atoms with Gasteiger partial charge in [-0.1, -0.05) is 72.8 Å². The maximum atomic E-state index is 13.8. The number of benzene rings is 6. The highest BCUT2D eigenvalue weighted by Gasteiger charge is 2.42. The van der Waals surface area contributed by atoms with E-state index < -0.39 is 6.09 Å². The van der Waals surface area contributed by atoms with E-state index in [4.69, 9.17) is 14.7 Å². The largest absolute Gasteiger partial charge is 0.494 e. The molecule has 380 valence electrons. The van der Waals surface area contributed by atoms with Crippen LogP contribution in [0.2, 0.25) is 0 Å². The van der Waals surface area contributed by atoms with Crippen LogP contribution in [0.25, 0.3) is 21.8 Å². The summed E-state index contributed by atoms with van der Waals surface area (Å²) in [7, 11) is 3.94. The molecule has 5 aliphatic heterocycles. The number of piperidine rings is 2. The van der Waals surface area contributed by atoms with Gasteiger partial charge >= 0.3 is 6.09 Å². The molecule has 0 radical (unpaired) electrons. The van der Waals surface area contributed by atoms with Crippen LogP contribution in [0.15, 0.2) is 156 Å². The molecule has 0 aliphatic carbocycles. The van der Waals surface area contributed by atoms with Gasteiger partial charge in [-0.05, 0) is 118 Å². The number of aromatic nitrogens is 2. The second-order valence-electron chi connectivity index (χ2n) is 20.6. The summed E-state index contributed by atoms with van der Waals surface area (Å²) >= 11 is 0. The number of hydrogen-bond donors (Lipinski definition) is 4. The normalized spacial score (nSPS) is 19.5. The monoisotopic (exact) mass is 999 g/mol. The average Bonchev–Trinajstić information content (AvgIpc) is 4.15. The third-order valence-corrected chi connectivity index (χ3v) is 15.8. The molecular weight excluding hydrogens is 939 g/mol. The Morgan fingerprint density at radius 1 is 0.693 bits per heavy atom. The Balaban J connectivity index is 0.713. The molecule has 7 heterocycles. The molecule has 5 fully saturated rings. The molecule has 8 aromatic rings. The molecule has 3 unspecified atom stereocenters. The Hall–Kier alpha value is -8.20. The van der Waals surface area contributed by atoms with Crippen molar-refractivity contribution in [2.45, 2.75) is 50.7 Å². The van der Waals surface area contributed by atoms with Crippen LogP contribution in [-0.4, -0.2) is 119 Å². The van der Waals surface area contributed by atoms with Gasteiger partial charge in [0.2, 0.25) is 5.91 Å². The highest BCUT2D eigenvalue weighted by molar-refractivity contribution is 6.23. The Bertz CT molecular complexity index is 3450. The maximum absolute atomic E-state index is 13.8. The summed E-state index contributed by atoms with van der Waals surface area (Å²) in [5, 5.41) is 24.4. The van der Waals surface area contributed by atoms with Crippen molar-refractivity contribution in [3.8, 4) is 11.8 Å². The van der Waals surface area contributed by atoms with Crippen LogP contribution < -0.4 is 14.7 Å². The van der Waals surface area contributed by atoms with Gasteiger partial charge in [0.25, 0.3) is 0 Å². The van der Waals surface area contributed by atoms with Crippen LogP contribution in [0.5, 0.6) is 11.8 Å². The SMILES string of the molecule is CN(C(=O)OCC1CCCN(Cc2ccc(N=C(c3ccccc3)c3c(O)[nH]c4ccc(N5CCCC5=O)cc34)cc2)C1)c1ccc2[nH]c(O)c(C(=Nc3ccc(N4CC5CC(C4)N5C)cc3)c3ccccc3)c2c1. The van der Waals surface area contributed by atoms with E-state index in [1.807, 2.05) is 126 Å². The molecule has 75 heavy (non-hydrogen) atoms. The van der Waals surface area contributed by atoms with Crippen molar-refractivity contribution in [1.29, 1.82) is 0 Å². The van der Waals surface area contributed by atoms with E-state index >= 15 is 0 Å². The molecule has 14 nitrogen and oxygen atoms in total. The van der Waals surface area contributed by atoms with Crippen LogP contribution in [0.1, 0.15) is 59.9 Å². The first kappa shape index (κ1) is 47.8. The van der Waals surface area contributed by atoms with Gasteiger partial charge in [-0.2, -0.15) is 0 Å². The predicted molar refractivity (Wildman–Crippen MR) is 298 cm³/mol. The molecule has 0 spiro atoms. The number of aromatic amines is 2. The highest BCUT2D eigenvalue weighted by atomic mass is 16.6. The van der Waals surface area contributed by atoms with Crippen molar-refractivity contribution in [3.63, 3.8) is 0 Å². The van der Waals surface area contributed by atoms with Gasteiger partial charge in [0.1, 0.15) is 0 Å². The molecule has 6 aromatic carbocycles. The van der Waals surface area contributed by atoms with E-state index in [0.29, 0.717) is 59.9 Å². The first-order valence-corrected chi connectivity index (χ1v) is 26.2. The minimum atomic E-state index is -0.448. The number of likely N-dealkylation sites (N-methyl/N-ethyl adjacent to an activating group) is 1. The molecule has 4 N–H and O–H groups in total. The van der Waals surface area contributed by atoms with Gasteiger partial charge in [-0.25, -0.2) is 14.8 Å². The Morgan fingerprint density at radius 2 is 1.28 bits per heavy atom. The molecule has 2 aromatic heterocycles. The number of carbonyl (C=O) groups excluding carboxylic acids is 2. The number of piperazine rings is 1.